The number of pyridine rings is 1. The highest BCUT2D eigenvalue weighted by Crippen LogP contribution is 2.13. The fourth-order valence-electron chi connectivity index (χ4n) is 0.939. The predicted molar refractivity (Wildman–Crippen MR) is 53.9 cm³/mol. The van der Waals surface area contributed by atoms with Crippen LogP contribution in [-0.4, -0.2) is 26.8 Å². The molecule has 4 nitrogen and oxygen atoms in total. The van der Waals surface area contributed by atoms with Gasteiger partial charge in [-0.1, -0.05) is 0 Å². The molecule has 0 fully saturated rings. The lowest BCUT2D eigenvalue weighted by atomic mass is 10.0. The zero-order chi connectivity index (χ0) is 10.8. The SMILES string of the molecule is CC(O)(Cc1ccc(Br)cn1)C(=O)O. The van der Waals surface area contributed by atoms with Gasteiger partial charge in [0.05, 0.1) is 0 Å². The molecule has 5 heteroatoms. The van der Waals surface area contributed by atoms with Crippen LogP contribution in [0.25, 0.3) is 0 Å². The number of hydrogen-bond donors (Lipinski definition) is 2. The van der Waals surface area contributed by atoms with E-state index in [1.165, 1.54) is 6.92 Å². The molecule has 1 heterocycles. The zero-order valence-corrected chi connectivity index (χ0v) is 9.15. The molecule has 14 heavy (non-hydrogen) atoms. The summed E-state index contributed by atoms with van der Waals surface area (Å²) in [6.45, 7) is 1.25. The van der Waals surface area contributed by atoms with Crippen LogP contribution in [0.5, 0.6) is 0 Å². The standard InChI is InChI=1S/C9H10BrNO3/c1-9(14,8(12)13)4-7-3-2-6(10)5-11-7/h2-3,5,14H,4H2,1H3,(H,12,13). The van der Waals surface area contributed by atoms with E-state index in [2.05, 4.69) is 20.9 Å². The summed E-state index contributed by atoms with van der Waals surface area (Å²) in [5, 5.41) is 18.1. The van der Waals surface area contributed by atoms with Gasteiger partial charge in [0.1, 0.15) is 0 Å². The molecule has 2 N–H and O–H groups in total. The van der Waals surface area contributed by atoms with Crippen LogP contribution in [0.2, 0.25) is 0 Å². The summed E-state index contributed by atoms with van der Waals surface area (Å²) < 4.78 is 0.816. The van der Waals surface area contributed by atoms with Gasteiger partial charge >= 0.3 is 5.97 Å². The van der Waals surface area contributed by atoms with Gasteiger partial charge in [0.2, 0.25) is 0 Å². The Kier molecular flexibility index (Phi) is 3.23. The molecular formula is C9H10BrNO3. The first-order valence-electron chi connectivity index (χ1n) is 3.98. The number of carbonyl (C=O) groups is 1. The third-order valence-electron chi connectivity index (χ3n) is 1.77. The van der Waals surface area contributed by atoms with Gasteiger partial charge in [0, 0.05) is 22.8 Å². The predicted octanol–water partition coefficient (Wildman–Crippen LogP) is 1.22. The maximum Gasteiger partial charge on any atom is 0.335 e. The van der Waals surface area contributed by atoms with Gasteiger partial charge < -0.3 is 10.2 Å². The van der Waals surface area contributed by atoms with Gasteiger partial charge in [-0.15, -0.1) is 0 Å². The molecule has 0 saturated heterocycles. The number of nitrogens with zero attached hydrogens (tertiary/aromatic N) is 1. The largest absolute Gasteiger partial charge is 0.479 e. The first kappa shape index (κ1) is 11.1. The van der Waals surface area contributed by atoms with Crippen LogP contribution in [0.1, 0.15) is 12.6 Å². The minimum atomic E-state index is -1.76. The van der Waals surface area contributed by atoms with Gasteiger partial charge in [-0.25, -0.2) is 4.79 Å². The Morgan fingerprint density at radius 2 is 2.29 bits per heavy atom. The van der Waals surface area contributed by atoms with Gasteiger partial charge in [-0.3, -0.25) is 4.98 Å². The number of hydrogen-bond acceptors (Lipinski definition) is 3. The maximum atomic E-state index is 10.6. The lowest BCUT2D eigenvalue weighted by Gasteiger charge is -2.16. The van der Waals surface area contributed by atoms with Gasteiger partial charge in [0.15, 0.2) is 5.60 Å². The summed E-state index contributed by atoms with van der Waals surface area (Å²) >= 11 is 3.21. The smallest absolute Gasteiger partial charge is 0.335 e. The molecule has 1 rings (SSSR count). The Morgan fingerprint density at radius 3 is 2.71 bits per heavy atom. The highest BCUT2D eigenvalue weighted by Gasteiger charge is 2.30. The molecule has 0 radical (unpaired) electrons. The fraction of sp³-hybridized carbons (Fsp3) is 0.333. The van der Waals surface area contributed by atoms with E-state index in [1.54, 1.807) is 18.3 Å². The minimum Gasteiger partial charge on any atom is -0.479 e. The van der Waals surface area contributed by atoms with E-state index >= 15 is 0 Å². The van der Waals surface area contributed by atoms with Crippen LogP contribution in [0, 0.1) is 0 Å². The van der Waals surface area contributed by atoms with Crippen molar-refractivity contribution in [1.82, 2.24) is 4.98 Å². The summed E-state index contributed by atoms with van der Waals surface area (Å²) in [7, 11) is 0. The second-order valence-corrected chi connectivity index (χ2v) is 4.14. The van der Waals surface area contributed by atoms with Crippen molar-refractivity contribution in [2.45, 2.75) is 18.9 Å². The monoisotopic (exact) mass is 259 g/mol. The van der Waals surface area contributed by atoms with Crippen LogP contribution >= 0.6 is 15.9 Å². The lowest BCUT2D eigenvalue weighted by Crippen LogP contribution is -2.37. The van der Waals surface area contributed by atoms with Gasteiger partial charge in [-0.2, -0.15) is 0 Å². The summed E-state index contributed by atoms with van der Waals surface area (Å²) in [5.41, 5.74) is -1.22. The lowest BCUT2D eigenvalue weighted by molar-refractivity contribution is -0.156. The first-order valence-corrected chi connectivity index (χ1v) is 4.77. The summed E-state index contributed by atoms with van der Waals surface area (Å²) in [6.07, 6.45) is 1.56. The van der Waals surface area contributed by atoms with Crippen LogP contribution in [-0.2, 0) is 11.2 Å². The maximum absolute atomic E-state index is 10.6. The third kappa shape index (κ3) is 2.78. The number of aliphatic carboxylic acids is 1. The normalized spacial score (nSPS) is 14.8. The van der Waals surface area contributed by atoms with Crippen LogP contribution in [0.4, 0.5) is 0 Å². The molecule has 1 unspecified atom stereocenters. The fourth-order valence-corrected chi connectivity index (χ4v) is 1.17. The van der Waals surface area contributed by atoms with E-state index in [-0.39, 0.29) is 6.42 Å². The highest BCUT2D eigenvalue weighted by atomic mass is 79.9. The van der Waals surface area contributed by atoms with Crippen molar-refractivity contribution in [2.24, 2.45) is 0 Å². The van der Waals surface area contributed by atoms with Crippen molar-refractivity contribution in [3.8, 4) is 0 Å². The third-order valence-corrected chi connectivity index (χ3v) is 2.24. The van der Waals surface area contributed by atoms with E-state index in [4.69, 9.17) is 5.11 Å². The number of halogens is 1. The van der Waals surface area contributed by atoms with Crippen molar-refractivity contribution < 1.29 is 15.0 Å². The number of carboxylic acids is 1. The number of aromatic nitrogens is 1. The second-order valence-electron chi connectivity index (χ2n) is 3.22. The number of carboxylic acid groups (broad SMARTS) is 1. The van der Waals surface area contributed by atoms with E-state index < -0.39 is 11.6 Å². The molecule has 0 aliphatic heterocycles. The average molecular weight is 260 g/mol. The first-order chi connectivity index (χ1) is 6.42. The molecule has 0 bridgehead atoms. The molecule has 1 atom stereocenters. The quantitative estimate of drug-likeness (QED) is 0.857. The van der Waals surface area contributed by atoms with E-state index in [9.17, 15) is 9.90 Å². The van der Waals surface area contributed by atoms with E-state index in [0.29, 0.717) is 5.69 Å². The van der Waals surface area contributed by atoms with Crippen molar-refractivity contribution >= 4 is 21.9 Å². The second kappa shape index (κ2) is 4.06. The molecular weight excluding hydrogens is 250 g/mol. The molecule has 0 aromatic carbocycles. The molecule has 0 spiro atoms. The Morgan fingerprint density at radius 1 is 1.64 bits per heavy atom. The summed E-state index contributed by atoms with van der Waals surface area (Å²) in [5.74, 6) is -1.25. The summed E-state index contributed by atoms with van der Waals surface area (Å²) in [6, 6.07) is 3.42. The Balaban J connectivity index is 2.79. The molecule has 0 amide bonds. The number of rotatable bonds is 3. The molecule has 76 valence electrons. The average Bonchev–Trinajstić information content (AvgIpc) is 2.08. The van der Waals surface area contributed by atoms with E-state index in [0.717, 1.165) is 4.47 Å². The van der Waals surface area contributed by atoms with E-state index in [1.807, 2.05) is 0 Å². The van der Waals surface area contributed by atoms with Crippen LogP contribution in [0.15, 0.2) is 22.8 Å². The molecule has 0 saturated carbocycles. The van der Waals surface area contributed by atoms with Gasteiger partial charge in [0.25, 0.3) is 0 Å². The summed E-state index contributed by atoms with van der Waals surface area (Å²) in [4.78, 5) is 14.6. The van der Waals surface area contributed by atoms with Crippen molar-refractivity contribution in [2.75, 3.05) is 0 Å². The van der Waals surface area contributed by atoms with Crippen LogP contribution < -0.4 is 0 Å². The van der Waals surface area contributed by atoms with Gasteiger partial charge in [-0.05, 0) is 35.0 Å². The zero-order valence-electron chi connectivity index (χ0n) is 7.57. The Hall–Kier alpha value is -0.940. The van der Waals surface area contributed by atoms with Crippen molar-refractivity contribution in [3.63, 3.8) is 0 Å². The van der Waals surface area contributed by atoms with Crippen molar-refractivity contribution in [3.05, 3.63) is 28.5 Å². The molecule has 1 aromatic heterocycles. The molecule has 1 aromatic rings. The Bertz CT molecular complexity index is 334. The number of aliphatic hydroxyl groups is 1. The topological polar surface area (TPSA) is 70.4 Å². The highest BCUT2D eigenvalue weighted by molar-refractivity contribution is 9.10. The van der Waals surface area contributed by atoms with Crippen molar-refractivity contribution in [1.29, 1.82) is 0 Å². The minimum absolute atomic E-state index is 0.00435. The molecule has 0 aliphatic carbocycles. The van der Waals surface area contributed by atoms with Crippen LogP contribution in [0.3, 0.4) is 0 Å². The molecule has 0 aliphatic rings. The Labute approximate surface area is 89.7 Å².